The number of rotatable bonds is 4. The van der Waals surface area contributed by atoms with E-state index in [1.54, 1.807) is 14.0 Å². The molecule has 0 radical (unpaired) electrons. The molecule has 0 aromatic rings. The van der Waals surface area contributed by atoms with Crippen molar-refractivity contribution in [3.8, 4) is 0 Å². The number of aliphatic hydroxyl groups excluding tert-OH is 2. The number of nitrogens with zero attached hydrogens (tertiary/aromatic N) is 1. The molecule has 2 heterocycles. The highest BCUT2D eigenvalue weighted by Crippen LogP contribution is 2.37. The molecule has 0 saturated carbocycles. The van der Waals surface area contributed by atoms with Crippen molar-refractivity contribution in [3.63, 3.8) is 0 Å². The fraction of sp³-hybridized carbons (Fsp3) is 1.00. The number of fused-ring (bicyclic) bond motifs is 1. The standard InChI is InChI=1S/C11H21NO6/c1-6(13)11(14)7-4-9(15-2)17-12-8(7)5-10(16-3)18-12/h6-11,13-14H,4-5H2,1-3H3/t6?,7-,8+,9-,10+,11?/m0/s1. The first-order valence-corrected chi connectivity index (χ1v) is 6.11. The zero-order valence-corrected chi connectivity index (χ0v) is 10.9. The van der Waals surface area contributed by atoms with Gasteiger partial charge in [0.15, 0.2) is 12.6 Å². The monoisotopic (exact) mass is 263 g/mol. The van der Waals surface area contributed by atoms with Gasteiger partial charge in [0.25, 0.3) is 0 Å². The Morgan fingerprint density at radius 1 is 1.11 bits per heavy atom. The molecule has 0 aromatic heterocycles. The molecule has 7 nitrogen and oxygen atoms in total. The molecule has 2 N–H and O–H groups in total. The van der Waals surface area contributed by atoms with E-state index in [1.165, 1.54) is 12.3 Å². The van der Waals surface area contributed by atoms with Gasteiger partial charge in [0.05, 0.1) is 18.2 Å². The molecule has 18 heavy (non-hydrogen) atoms. The maximum Gasteiger partial charge on any atom is 0.181 e. The van der Waals surface area contributed by atoms with Crippen LogP contribution in [-0.2, 0) is 19.1 Å². The molecule has 2 rings (SSSR count). The normalized spacial score (nSPS) is 40.5. The molecule has 6 atom stereocenters. The van der Waals surface area contributed by atoms with E-state index in [2.05, 4.69) is 0 Å². The number of methoxy groups -OCH3 is 2. The Labute approximate surface area is 106 Å². The van der Waals surface area contributed by atoms with Gasteiger partial charge in [-0.25, -0.2) is 9.68 Å². The van der Waals surface area contributed by atoms with Crippen molar-refractivity contribution in [1.82, 2.24) is 5.23 Å². The highest BCUT2D eigenvalue weighted by atomic mass is 17.0. The first kappa shape index (κ1) is 14.1. The Kier molecular flexibility index (Phi) is 4.54. The van der Waals surface area contributed by atoms with Crippen LogP contribution in [0, 0.1) is 5.92 Å². The summed E-state index contributed by atoms with van der Waals surface area (Å²) in [6, 6.07) is -0.147. The number of aliphatic hydroxyl groups is 2. The second kappa shape index (κ2) is 5.79. The summed E-state index contributed by atoms with van der Waals surface area (Å²) in [7, 11) is 3.08. The van der Waals surface area contributed by atoms with E-state index in [-0.39, 0.29) is 12.0 Å². The molecule has 2 aliphatic rings. The van der Waals surface area contributed by atoms with Crippen molar-refractivity contribution in [2.24, 2.45) is 5.92 Å². The molecule has 2 unspecified atom stereocenters. The van der Waals surface area contributed by atoms with E-state index in [4.69, 9.17) is 19.1 Å². The largest absolute Gasteiger partial charge is 0.391 e. The first-order valence-electron chi connectivity index (χ1n) is 6.11. The Hall–Kier alpha value is -0.280. The third-order valence-corrected chi connectivity index (χ3v) is 3.57. The second-order valence-corrected chi connectivity index (χ2v) is 4.76. The van der Waals surface area contributed by atoms with Gasteiger partial charge >= 0.3 is 0 Å². The van der Waals surface area contributed by atoms with Crippen LogP contribution < -0.4 is 0 Å². The average Bonchev–Trinajstić information content (AvgIpc) is 2.79. The van der Waals surface area contributed by atoms with E-state index in [9.17, 15) is 10.2 Å². The minimum absolute atomic E-state index is 0.147. The molecule has 2 aliphatic heterocycles. The topological polar surface area (TPSA) is 80.6 Å². The molecule has 7 heteroatoms. The third kappa shape index (κ3) is 2.67. The lowest BCUT2D eigenvalue weighted by Crippen LogP contribution is -2.51. The quantitative estimate of drug-likeness (QED) is 0.716. The SMILES string of the molecule is CO[C@H]1C[C@@H]2[C@@H](C(O)C(C)O)C[C@@H](OC)ON2O1. The van der Waals surface area contributed by atoms with Crippen molar-refractivity contribution in [2.75, 3.05) is 14.2 Å². The van der Waals surface area contributed by atoms with Crippen LogP contribution in [0.25, 0.3) is 0 Å². The molecule has 0 spiro atoms. The Bertz CT molecular complexity index is 276. The molecule has 0 bridgehead atoms. The maximum atomic E-state index is 10.1. The average molecular weight is 263 g/mol. The van der Waals surface area contributed by atoms with Crippen LogP contribution >= 0.6 is 0 Å². The van der Waals surface area contributed by atoms with E-state index >= 15 is 0 Å². The number of hydrogen-bond donors (Lipinski definition) is 2. The maximum absolute atomic E-state index is 10.1. The van der Waals surface area contributed by atoms with E-state index < -0.39 is 24.8 Å². The summed E-state index contributed by atoms with van der Waals surface area (Å²) in [5.74, 6) is -0.191. The molecular formula is C11H21NO6. The van der Waals surface area contributed by atoms with Crippen LogP contribution in [0.3, 0.4) is 0 Å². The lowest BCUT2D eigenvalue weighted by Gasteiger charge is -2.40. The fourth-order valence-electron chi connectivity index (χ4n) is 2.50. The van der Waals surface area contributed by atoms with Gasteiger partial charge in [0.1, 0.15) is 0 Å². The van der Waals surface area contributed by atoms with Gasteiger partial charge in [0.2, 0.25) is 0 Å². The van der Waals surface area contributed by atoms with Gasteiger partial charge in [0, 0.05) is 33.0 Å². The zero-order valence-electron chi connectivity index (χ0n) is 10.9. The number of ether oxygens (including phenoxy) is 2. The lowest BCUT2D eigenvalue weighted by molar-refractivity contribution is -0.455. The van der Waals surface area contributed by atoms with Crippen LogP contribution in [0.5, 0.6) is 0 Å². The smallest absolute Gasteiger partial charge is 0.181 e. The van der Waals surface area contributed by atoms with E-state index in [0.29, 0.717) is 12.8 Å². The van der Waals surface area contributed by atoms with Gasteiger partial charge in [-0.2, -0.15) is 0 Å². The summed E-state index contributed by atoms with van der Waals surface area (Å²) in [4.78, 5) is 10.9. The number of hydroxylamine groups is 2. The third-order valence-electron chi connectivity index (χ3n) is 3.57. The molecule has 0 aliphatic carbocycles. The van der Waals surface area contributed by atoms with Gasteiger partial charge in [-0.05, 0) is 6.92 Å². The van der Waals surface area contributed by atoms with Gasteiger partial charge < -0.3 is 19.7 Å². The summed E-state index contributed by atoms with van der Waals surface area (Å²) >= 11 is 0. The fourth-order valence-corrected chi connectivity index (χ4v) is 2.50. The molecule has 2 saturated heterocycles. The number of hydrogen-bond acceptors (Lipinski definition) is 7. The summed E-state index contributed by atoms with van der Waals surface area (Å²) in [5.41, 5.74) is 0. The Morgan fingerprint density at radius 3 is 2.17 bits per heavy atom. The molecule has 2 fully saturated rings. The van der Waals surface area contributed by atoms with Crippen LogP contribution in [0.4, 0.5) is 0 Å². The Balaban J connectivity index is 2.10. The minimum Gasteiger partial charge on any atom is -0.391 e. The van der Waals surface area contributed by atoms with E-state index in [0.717, 1.165) is 0 Å². The highest BCUT2D eigenvalue weighted by Gasteiger charge is 2.48. The zero-order chi connectivity index (χ0) is 13.3. The summed E-state index contributed by atoms with van der Waals surface area (Å²) in [6.07, 6.45) is -1.46. The van der Waals surface area contributed by atoms with Gasteiger partial charge in [-0.3, -0.25) is 0 Å². The highest BCUT2D eigenvalue weighted by molar-refractivity contribution is 4.88. The van der Waals surface area contributed by atoms with Crippen molar-refractivity contribution in [2.45, 2.75) is 50.6 Å². The predicted molar refractivity (Wildman–Crippen MR) is 59.8 cm³/mol. The van der Waals surface area contributed by atoms with Crippen molar-refractivity contribution < 1.29 is 29.4 Å². The van der Waals surface area contributed by atoms with Crippen LogP contribution in [-0.4, -0.2) is 60.5 Å². The van der Waals surface area contributed by atoms with E-state index in [1.807, 2.05) is 0 Å². The Morgan fingerprint density at radius 2 is 1.67 bits per heavy atom. The predicted octanol–water partition coefficient (Wildman–Crippen LogP) is -0.369. The lowest BCUT2D eigenvalue weighted by atomic mass is 9.85. The van der Waals surface area contributed by atoms with Crippen molar-refractivity contribution >= 4 is 0 Å². The van der Waals surface area contributed by atoms with Gasteiger partial charge in [-0.1, -0.05) is 5.23 Å². The molecule has 0 aromatic carbocycles. The van der Waals surface area contributed by atoms with Gasteiger partial charge in [-0.15, -0.1) is 0 Å². The second-order valence-electron chi connectivity index (χ2n) is 4.76. The van der Waals surface area contributed by atoms with Crippen LogP contribution in [0.2, 0.25) is 0 Å². The van der Waals surface area contributed by atoms with Crippen molar-refractivity contribution in [1.29, 1.82) is 0 Å². The molecule has 0 amide bonds. The summed E-state index contributed by atoms with van der Waals surface area (Å²) in [6.45, 7) is 1.57. The molecule has 106 valence electrons. The van der Waals surface area contributed by atoms with Crippen LogP contribution in [0.15, 0.2) is 0 Å². The summed E-state index contributed by atoms with van der Waals surface area (Å²) in [5, 5.41) is 21.0. The minimum atomic E-state index is -0.849. The van der Waals surface area contributed by atoms with Crippen LogP contribution in [0.1, 0.15) is 19.8 Å². The first-order chi connectivity index (χ1) is 8.56. The van der Waals surface area contributed by atoms with Crippen molar-refractivity contribution in [3.05, 3.63) is 0 Å². The summed E-state index contributed by atoms with van der Waals surface area (Å²) < 4.78 is 10.3. The molecular weight excluding hydrogens is 242 g/mol.